The van der Waals surface area contributed by atoms with Gasteiger partial charge in [0.2, 0.25) is 5.91 Å². The molecular formula is C21H21BrN2O3. The molecule has 0 saturated heterocycles. The average Bonchev–Trinajstić information content (AvgIpc) is 2.91. The zero-order valence-electron chi connectivity index (χ0n) is 15.3. The molecule has 0 bridgehead atoms. The molecule has 0 aliphatic heterocycles. The lowest BCUT2D eigenvalue weighted by molar-refractivity contribution is -0.120. The quantitative estimate of drug-likeness (QED) is 0.640. The highest BCUT2D eigenvalue weighted by molar-refractivity contribution is 9.10. The number of aromatic nitrogens is 1. The molecule has 1 heterocycles. The minimum absolute atomic E-state index is 0.0987. The van der Waals surface area contributed by atoms with Gasteiger partial charge in [0.1, 0.15) is 5.75 Å². The molecule has 5 nitrogen and oxygen atoms in total. The Morgan fingerprint density at radius 1 is 1.15 bits per heavy atom. The lowest BCUT2D eigenvalue weighted by atomic mass is 10.1. The van der Waals surface area contributed by atoms with Gasteiger partial charge in [-0.2, -0.15) is 0 Å². The maximum absolute atomic E-state index is 13.1. The molecule has 1 aromatic heterocycles. The molecule has 0 fully saturated rings. The van der Waals surface area contributed by atoms with E-state index >= 15 is 0 Å². The van der Waals surface area contributed by atoms with Crippen LogP contribution in [0.5, 0.6) is 5.75 Å². The van der Waals surface area contributed by atoms with Crippen LogP contribution in [0.3, 0.4) is 0 Å². The van der Waals surface area contributed by atoms with Crippen molar-refractivity contribution < 1.29 is 14.7 Å². The van der Waals surface area contributed by atoms with Gasteiger partial charge in [-0.3, -0.25) is 14.2 Å². The minimum atomic E-state index is -0.170. The van der Waals surface area contributed by atoms with Gasteiger partial charge in [-0.05, 0) is 61.4 Å². The number of fused-ring (bicyclic) bond motifs is 1. The Kier molecular flexibility index (Phi) is 5.65. The predicted octanol–water partition coefficient (Wildman–Crippen LogP) is 4.18. The van der Waals surface area contributed by atoms with E-state index in [1.54, 1.807) is 34.9 Å². The van der Waals surface area contributed by atoms with E-state index in [1.807, 2.05) is 26.0 Å². The minimum Gasteiger partial charge on any atom is -0.508 e. The van der Waals surface area contributed by atoms with E-state index in [2.05, 4.69) is 21.2 Å². The molecule has 0 spiro atoms. The van der Waals surface area contributed by atoms with E-state index in [0.717, 1.165) is 16.5 Å². The third-order valence-corrected chi connectivity index (χ3v) is 5.05. The van der Waals surface area contributed by atoms with Crippen molar-refractivity contribution >= 4 is 38.6 Å². The van der Waals surface area contributed by atoms with Crippen LogP contribution in [0.15, 0.2) is 46.9 Å². The summed E-state index contributed by atoms with van der Waals surface area (Å²) in [5.74, 6) is -0.166. The van der Waals surface area contributed by atoms with Crippen LogP contribution >= 0.6 is 15.9 Å². The number of carbonyl (C=O) groups is 2. The first kappa shape index (κ1) is 19.2. The van der Waals surface area contributed by atoms with Crippen LogP contribution in [0.4, 0.5) is 0 Å². The second kappa shape index (κ2) is 7.96. The number of phenols is 1. The van der Waals surface area contributed by atoms with E-state index in [1.165, 1.54) is 0 Å². The van der Waals surface area contributed by atoms with Crippen molar-refractivity contribution in [2.45, 2.75) is 26.7 Å². The molecule has 140 valence electrons. The summed E-state index contributed by atoms with van der Waals surface area (Å²) in [7, 11) is 0. The van der Waals surface area contributed by atoms with Crippen molar-refractivity contribution in [3.8, 4) is 5.75 Å². The maximum Gasteiger partial charge on any atom is 0.262 e. The monoisotopic (exact) mass is 428 g/mol. The van der Waals surface area contributed by atoms with Gasteiger partial charge in [0.15, 0.2) is 0 Å². The number of phenolic OH excluding ortho intramolecular Hbond substituents is 1. The lowest BCUT2D eigenvalue weighted by Gasteiger charge is -2.08. The van der Waals surface area contributed by atoms with Gasteiger partial charge < -0.3 is 10.4 Å². The van der Waals surface area contributed by atoms with Crippen LogP contribution in [0, 0.1) is 6.92 Å². The van der Waals surface area contributed by atoms with Crippen molar-refractivity contribution in [1.29, 1.82) is 0 Å². The largest absolute Gasteiger partial charge is 0.508 e. The molecule has 2 N–H and O–H groups in total. The van der Waals surface area contributed by atoms with Gasteiger partial charge in [-0.1, -0.05) is 22.9 Å². The van der Waals surface area contributed by atoms with Gasteiger partial charge in [0.05, 0.1) is 11.9 Å². The standard InChI is InChI=1S/C21H21BrN2O3/c1-3-10-23-20(26)12-17-13(2)24(19-9-8-16(25)11-18(17)19)21(27)14-4-6-15(22)7-5-14/h4-9,11,25H,3,10,12H2,1-2H3,(H,23,26). The maximum atomic E-state index is 13.1. The molecule has 0 aliphatic rings. The second-order valence-corrected chi connectivity index (χ2v) is 7.36. The number of hydrogen-bond donors (Lipinski definition) is 2. The highest BCUT2D eigenvalue weighted by atomic mass is 79.9. The summed E-state index contributed by atoms with van der Waals surface area (Å²) in [6, 6.07) is 12.0. The summed E-state index contributed by atoms with van der Waals surface area (Å²) in [6.45, 7) is 4.43. The fourth-order valence-corrected chi connectivity index (χ4v) is 3.43. The van der Waals surface area contributed by atoms with E-state index in [9.17, 15) is 14.7 Å². The molecule has 27 heavy (non-hydrogen) atoms. The first-order chi connectivity index (χ1) is 12.9. The summed E-state index contributed by atoms with van der Waals surface area (Å²) in [4.78, 5) is 25.4. The number of benzene rings is 2. The Hall–Kier alpha value is -2.60. The van der Waals surface area contributed by atoms with Gasteiger partial charge in [0.25, 0.3) is 5.91 Å². The molecule has 0 aliphatic carbocycles. The van der Waals surface area contributed by atoms with Gasteiger partial charge in [-0.25, -0.2) is 0 Å². The molecule has 3 rings (SSSR count). The lowest BCUT2D eigenvalue weighted by Crippen LogP contribution is -2.26. The summed E-state index contributed by atoms with van der Waals surface area (Å²) in [6.07, 6.45) is 1.02. The van der Waals surface area contributed by atoms with Crippen molar-refractivity contribution in [3.63, 3.8) is 0 Å². The number of aromatic hydroxyl groups is 1. The number of hydrogen-bond acceptors (Lipinski definition) is 3. The van der Waals surface area contributed by atoms with E-state index in [0.29, 0.717) is 28.7 Å². The molecule has 0 radical (unpaired) electrons. The summed E-state index contributed by atoms with van der Waals surface area (Å²) >= 11 is 3.37. The molecule has 6 heteroatoms. The first-order valence-corrected chi connectivity index (χ1v) is 9.61. The Morgan fingerprint density at radius 3 is 2.52 bits per heavy atom. The molecule has 3 aromatic rings. The number of nitrogens with one attached hydrogen (secondary N) is 1. The summed E-state index contributed by atoms with van der Waals surface area (Å²) < 4.78 is 2.51. The third kappa shape index (κ3) is 3.90. The Morgan fingerprint density at radius 2 is 1.85 bits per heavy atom. The van der Waals surface area contributed by atoms with Crippen LogP contribution in [0.2, 0.25) is 0 Å². The van der Waals surface area contributed by atoms with Crippen molar-refractivity contribution in [1.82, 2.24) is 9.88 Å². The highest BCUT2D eigenvalue weighted by Crippen LogP contribution is 2.30. The fraction of sp³-hybridized carbons (Fsp3) is 0.238. The Bertz CT molecular complexity index is 1010. The van der Waals surface area contributed by atoms with E-state index in [-0.39, 0.29) is 24.0 Å². The summed E-state index contributed by atoms with van der Waals surface area (Å²) in [5.41, 5.74) is 2.68. The molecule has 0 unspecified atom stereocenters. The zero-order chi connectivity index (χ0) is 19.6. The summed E-state index contributed by atoms with van der Waals surface area (Å²) in [5, 5.41) is 13.5. The zero-order valence-corrected chi connectivity index (χ0v) is 16.8. The Labute approximate surface area is 166 Å². The van der Waals surface area contributed by atoms with E-state index < -0.39 is 0 Å². The molecule has 0 saturated carbocycles. The number of carbonyl (C=O) groups excluding carboxylic acids is 2. The van der Waals surface area contributed by atoms with Crippen LogP contribution in [-0.4, -0.2) is 28.0 Å². The smallest absolute Gasteiger partial charge is 0.262 e. The van der Waals surface area contributed by atoms with Crippen LogP contribution in [0.1, 0.15) is 35.0 Å². The fourth-order valence-electron chi connectivity index (χ4n) is 3.17. The number of halogens is 1. The predicted molar refractivity (Wildman–Crippen MR) is 109 cm³/mol. The number of rotatable bonds is 5. The van der Waals surface area contributed by atoms with Crippen LogP contribution < -0.4 is 5.32 Å². The highest BCUT2D eigenvalue weighted by Gasteiger charge is 2.21. The van der Waals surface area contributed by atoms with Crippen molar-refractivity contribution in [3.05, 3.63) is 63.8 Å². The second-order valence-electron chi connectivity index (χ2n) is 6.44. The molecule has 1 amide bonds. The normalized spacial score (nSPS) is 10.9. The first-order valence-electron chi connectivity index (χ1n) is 8.82. The van der Waals surface area contributed by atoms with Gasteiger partial charge in [-0.15, -0.1) is 0 Å². The van der Waals surface area contributed by atoms with Gasteiger partial charge >= 0.3 is 0 Å². The molecule has 0 atom stereocenters. The van der Waals surface area contributed by atoms with Crippen LogP contribution in [-0.2, 0) is 11.2 Å². The molecule has 2 aromatic carbocycles. The topological polar surface area (TPSA) is 71.3 Å². The average molecular weight is 429 g/mol. The van der Waals surface area contributed by atoms with Crippen LogP contribution in [0.25, 0.3) is 10.9 Å². The number of amides is 1. The van der Waals surface area contributed by atoms with E-state index in [4.69, 9.17) is 0 Å². The Balaban J connectivity index is 2.10. The van der Waals surface area contributed by atoms with Crippen molar-refractivity contribution in [2.24, 2.45) is 0 Å². The van der Waals surface area contributed by atoms with Gasteiger partial charge in [0, 0.05) is 27.7 Å². The SMILES string of the molecule is CCCNC(=O)Cc1c(C)n(C(=O)c2ccc(Br)cc2)c2ccc(O)cc12. The number of nitrogens with zero attached hydrogens (tertiary/aromatic N) is 1. The molecular weight excluding hydrogens is 408 g/mol. The third-order valence-electron chi connectivity index (χ3n) is 4.52. The van der Waals surface area contributed by atoms with Crippen molar-refractivity contribution in [2.75, 3.05) is 6.54 Å².